The van der Waals surface area contributed by atoms with Crippen molar-refractivity contribution in [2.45, 2.75) is 52.0 Å². The zero-order valence-corrected chi connectivity index (χ0v) is 18.6. The summed E-state index contributed by atoms with van der Waals surface area (Å²) in [5.41, 5.74) is 5.27. The molecule has 3 aromatic heterocycles. The van der Waals surface area contributed by atoms with Gasteiger partial charge in [-0.25, -0.2) is 9.50 Å². The molecule has 0 bridgehead atoms. The summed E-state index contributed by atoms with van der Waals surface area (Å²) in [6.07, 6.45) is 4.41. The first-order valence-corrected chi connectivity index (χ1v) is 11.4. The predicted molar refractivity (Wildman–Crippen MR) is 120 cm³/mol. The molecule has 0 aromatic carbocycles. The van der Waals surface area contributed by atoms with E-state index in [1.807, 2.05) is 24.4 Å². The first-order valence-electron chi connectivity index (χ1n) is 10.5. The van der Waals surface area contributed by atoms with Gasteiger partial charge in [-0.1, -0.05) is 6.42 Å². The standard InChI is InChI=1S/C21H25N5OS.CH2O2/c1-13-8-14(2)26-21(22-13)19-16(10-18(27)23-20(19)24-26)17-9-15(12-28-17)11-25-6-4-3-5-7-25;2-1-3/h8-9,12,16H,3-7,10-11H2,1-2H3,(H,23,24,27);1H,(H,2,3). The van der Waals surface area contributed by atoms with Gasteiger partial charge in [0, 0.05) is 35.1 Å². The highest BCUT2D eigenvalue weighted by molar-refractivity contribution is 7.10. The lowest BCUT2D eigenvalue weighted by atomic mass is 9.92. The summed E-state index contributed by atoms with van der Waals surface area (Å²) in [6.45, 7) is 7.17. The Kier molecular flexibility index (Phi) is 6.33. The van der Waals surface area contributed by atoms with Crippen LogP contribution in [0.4, 0.5) is 5.82 Å². The average Bonchev–Trinajstić information content (AvgIpc) is 3.34. The van der Waals surface area contributed by atoms with E-state index in [4.69, 9.17) is 14.9 Å². The van der Waals surface area contributed by atoms with Crippen molar-refractivity contribution in [1.29, 1.82) is 0 Å². The number of hydrogen-bond acceptors (Lipinski definition) is 6. The fraction of sp³-hybridized carbons (Fsp3) is 0.455. The number of fused-ring (bicyclic) bond motifs is 3. The average molecular weight is 442 g/mol. The lowest BCUT2D eigenvalue weighted by Gasteiger charge is -2.26. The molecule has 2 N–H and O–H groups in total. The van der Waals surface area contributed by atoms with Gasteiger partial charge in [0.2, 0.25) is 5.91 Å². The normalized spacial score (nSPS) is 18.8. The number of carboxylic acid groups (broad SMARTS) is 1. The second-order valence-electron chi connectivity index (χ2n) is 8.14. The van der Waals surface area contributed by atoms with Crippen LogP contribution in [-0.2, 0) is 16.1 Å². The van der Waals surface area contributed by atoms with Crippen molar-refractivity contribution >= 4 is 35.2 Å². The molecule has 0 radical (unpaired) electrons. The van der Waals surface area contributed by atoms with Crippen LogP contribution in [0.25, 0.3) is 5.65 Å². The maximum absolute atomic E-state index is 12.4. The molecule has 9 heteroatoms. The second-order valence-corrected chi connectivity index (χ2v) is 9.08. The van der Waals surface area contributed by atoms with Gasteiger partial charge in [-0.15, -0.1) is 16.4 Å². The minimum Gasteiger partial charge on any atom is -0.483 e. The second kappa shape index (κ2) is 9.15. The summed E-state index contributed by atoms with van der Waals surface area (Å²) in [5, 5.41) is 16.7. The van der Waals surface area contributed by atoms with Crippen LogP contribution < -0.4 is 5.32 Å². The van der Waals surface area contributed by atoms with Gasteiger partial charge in [-0.05, 0) is 62.9 Å². The fourth-order valence-electron chi connectivity index (χ4n) is 4.50. The zero-order chi connectivity index (χ0) is 22.0. The first-order chi connectivity index (χ1) is 15.0. The van der Waals surface area contributed by atoms with E-state index >= 15 is 0 Å². The van der Waals surface area contributed by atoms with E-state index in [9.17, 15) is 4.79 Å². The van der Waals surface area contributed by atoms with Crippen molar-refractivity contribution in [2.24, 2.45) is 0 Å². The molecule has 1 atom stereocenters. The molecule has 1 fully saturated rings. The highest BCUT2D eigenvalue weighted by Crippen LogP contribution is 2.41. The molecule has 1 amide bonds. The van der Waals surface area contributed by atoms with E-state index in [2.05, 4.69) is 26.8 Å². The summed E-state index contributed by atoms with van der Waals surface area (Å²) < 4.78 is 1.86. The van der Waals surface area contributed by atoms with Gasteiger partial charge in [-0.2, -0.15) is 0 Å². The maximum atomic E-state index is 12.4. The lowest BCUT2D eigenvalue weighted by molar-refractivity contribution is -0.123. The van der Waals surface area contributed by atoms with Crippen molar-refractivity contribution in [1.82, 2.24) is 19.5 Å². The number of nitrogens with one attached hydrogen (secondary N) is 1. The highest BCUT2D eigenvalue weighted by atomic mass is 32.1. The molecule has 1 unspecified atom stereocenters. The van der Waals surface area contributed by atoms with Crippen molar-refractivity contribution < 1.29 is 14.7 Å². The van der Waals surface area contributed by atoms with Crippen LogP contribution in [0.1, 0.15) is 59.0 Å². The predicted octanol–water partition coefficient (Wildman–Crippen LogP) is 3.57. The number of amides is 1. The van der Waals surface area contributed by atoms with Crippen LogP contribution in [-0.4, -0.2) is 50.1 Å². The van der Waals surface area contributed by atoms with E-state index in [0.29, 0.717) is 12.2 Å². The van der Waals surface area contributed by atoms with Crippen molar-refractivity contribution in [2.75, 3.05) is 18.4 Å². The summed E-state index contributed by atoms with van der Waals surface area (Å²) in [5.74, 6) is 0.713. The molecule has 0 aliphatic carbocycles. The minimum atomic E-state index is -0.250. The van der Waals surface area contributed by atoms with E-state index in [0.717, 1.165) is 29.1 Å². The van der Waals surface area contributed by atoms with Crippen molar-refractivity contribution in [3.05, 3.63) is 44.9 Å². The summed E-state index contributed by atoms with van der Waals surface area (Å²) in [4.78, 5) is 29.3. The third kappa shape index (κ3) is 4.47. The SMILES string of the molecule is Cc1cc(C)n2nc3c(c2n1)C(c1cc(CN2CCCCC2)cs1)CC(=O)N3.O=CO. The summed E-state index contributed by atoms with van der Waals surface area (Å²) in [7, 11) is 0. The fourth-order valence-corrected chi connectivity index (χ4v) is 5.51. The molecule has 0 saturated carbocycles. The molecule has 2 aliphatic rings. The number of nitrogens with zero attached hydrogens (tertiary/aromatic N) is 4. The number of aromatic nitrogens is 3. The van der Waals surface area contributed by atoms with Gasteiger partial charge >= 0.3 is 0 Å². The van der Waals surface area contributed by atoms with E-state index in [-0.39, 0.29) is 18.3 Å². The maximum Gasteiger partial charge on any atom is 0.290 e. The van der Waals surface area contributed by atoms with Crippen LogP contribution in [0.15, 0.2) is 17.5 Å². The number of aryl methyl sites for hydroxylation is 2. The molecule has 164 valence electrons. The van der Waals surface area contributed by atoms with E-state index < -0.39 is 0 Å². The third-order valence-electron chi connectivity index (χ3n) is 5.80. The Hall–Kier alpha value is -2.78. The summed E-state index contributed by atoms with van der Waals surface area (Å²) in [6, 6.07) is 4.31. The largest absolute Gasteiger partial charge is 0.483 e. The number of carbonyl (C=O) groups excluding carboxylic acids is 1. The zero-order valence-electron chi connectivity index (χ0n) is 17.8. The third-order valence-corrected chi connectivity index (χ3v) is 6.89. The number of anilines is 1. The minimum absolute atomic E-state index is 0.0232. The Balaban J connectivity index is 0.000000730. The number of rotatable bonds is 3. The van der Waals surface area contributed by atoms with Crippen LogP contribution in [0.2, 0.25) is 0 Å². The molecular weight excluding hydrogens is 414 g/mol. The molecule has 0 spiro atoms. The summed E-state index contributed by atoms with van der Waals surface area (Å²) >= 11 is 1.76. The van der Waals surface area contributed by atoms with Gasteiger partial charge in [0.05, 0.1) is 5.56 Å². The van der Waals surface area contributed by atoms with Crippen molar-refractivity contribution in [3.8, 4) is 0 Å². The molecule has 2 aliphatic heterocycles. The number of hydrogen-bond donors (Lipinski definition) is 2. The molecule has 8 nitrogen and oxygen atoms in total. The van der Waals surface area contributed by atoms with Crippen LogP contribution in [0.5, 0.6) is 0 Å². The van der Waals surface area contributed by atoms with Crippen LogP contribution >= 0.6 is 11.3 Å². The molecule has 5 heterocycles. The molecule has 5 rings (SSSR count). The quantitative estimate of drug-likeness (QED) is 0.603. The monoisotopic (exact) mass is 441 g/mol. The van der Waals surface area contributed by atoms with E-state index in [1.165, 1.54) is 42.8 Å². The van der Waals surface area contributed by atoms with Gasteiger partial charge in [0.15, 0.2) is 11.5 Å². The van der Waals surface area contributed by atoms with Crippen LogP contribution in [0.3, 0.4) is 0 Å². The molecule has 31 heavy (non-hydrogen) atoms. The smallest absolute Gasteiger partial charge is 0.290 e. The molecule has 3 aromatic rings. The van der Waals surface area contributed by atoms with Gasteiger partial charge in [0.1, 0.15) is 0 Å². The van der Waals surface area contributed by atoms with Crippen LogP contribution in [0, 0.1) is 13.8 Å². The Labute approximate surface area is 184 Å². The van der Waals surface area contributed by atoms with E-state index in [1.54, 1.807) is 11.3 Å². The topological polar surface area (TPSA) is 99.8 Å². The van der Waals surface area contributed by atoms with Gasteiger partial charge < -0.3 is 10.4 Å². The molecule has 1 saturated heterocycles. The lowest BCUT2D eigenvalue weighted by Crippen LogP contribution is -2.28. The number of carbonyl (C=O) groups is 2. The first kappa shape index (κ1) is 21.5. The highest BCUT2D eigenvalue weighted by Gasteiger charge is 2.33. The number of likely N-dealkylation sites (tertiary alicyclic amines) is 1. The Morgan fingerprint density at radius 3 is 2.74 bits per heavy atom. The molecular formula is C22H27N5O3S. The Bertz CT molecular complexity index is 1100. The Morgan fingerprint density at radius 2 is 2.00 bits per heavy atom. The van der Waals surface area contributed by atoms with Gasteiger partial charge in [0.25, 0.3) is 6.47 Å². The number of piperidine rings is 1. The Morgan fingerprint density at radius 1 is 1.26 bits per heavy atom. The van der Waals surface area contributed by atoms with Crippen molar-refractivity contribution in [3.63, 3.8) is 0 Å². The number of thiophene rings is 1. The van der Waals surface area contributed by atoms with Gasteiger partial charge in [-0.3, -0.25) is 14.5 Å².